The van der Waals surface area contributed by atoms with E-state index in [1.807, 2.05) is 6.07 Å². The maximum Gasteiger partial charge on any atom is 0.128 e. The third-order valence-corrected chi connectivity index (χ3v) is 4.24. The molecule has 3 heteroatoms. The molecule has 0 bridgehead atoms. The molecule has 0 aromatic carbocycles. The highest BCUT2D eigenvalue weighted by Crippen LogP contribution is 2.40. The van der Waals surface area contributed by atoms with Crippen LogP contribution in [0.5, 0.6) is 0 Å². The molecule has 1 aromatic rings. The van der Waals surface area contributed by atoms with E-state index in [1.54, 1.807) is 6.20 Å². The first-order valence-corrected chi connectivity index (χ1v) is 6.60. The summed E-state index contributed by atoms with van der Waals surface area (Å²) in [7, 11) is 0. The third-order valence-electron chi connectivity index (χ3n) is 4.24. The Labute approximate surface area is 104 Å². The fraction of sp³-hybridized carbons (Fsp3) is 0.643. The van der Waals surface area contributed by atoms with Crippen LogP contribution in [0.4, 0.5) is 5.82 Å². The van der Waals surface area contributed by atoms with Crippen LogP contribution >= 0.6 is 0 Å². The lowest BCUT2D eigenvalue weighted by Crippen LogP contribution is -2.22. The predicted octanol–water partition coefficient (Wildman–Crippen LogP) is 2.80. The molecule has 0 radical (unpaired) electrons. The van der Waals surface area contributed by atoms with Crippen molar-refractivity contribution in [2.75, 3.05) is 5.73 Å². The summed E-state index contributed by atoms with van der Waals surface area (Å²) < 4.78 is 0. The van der Waals surface area contributed by atoms with Crippen molar-refractivity contribution in [3.05, 3.63) is 23.4 Å². The van der Waals surface area contributed by atoms with Gasteiger partial charge in [0.1, 0.15) is 5.82 Å². The van der Waals surface area contributed by atoms with Gasteiger partial charge in [-0.25, -0.2) is 4.98 Å². The average molecular weight is 233 g/mol. The van der Waals surface area contributed by atoms with Crippen LogP contribution in [0.3, 0.4) is 0 Å². The summed E-state index contributed by atoms with van der Waals surface area (Å²) in [6.45, 7) is 4.34. The molecule has 3 unspecified atom stereocenters. The molecule has 94 valence electrons. The van der Waals surface area contributed by atoms with E-state index in [0.29, 0.717) is 11.7 Å². The maximum atomic E-state index is 6.40. The van der Waals surface area contributed by atoms with Crippen LogP contribution in [0.15, 0.2) is 12.3 Å². The molecular formula is C14H23N3. The summed E-state index contributed by atoms with van der Waals surface area (Å²) in [5.74, 6) is 2.03. The van der Waals surface area contributed by atoms with E-state index in [0.717, 1.165) is 11.5 Å². The number of rotatable bonds is 3. The van der Waals surface area contributed by atoms with Crippen LogP contribution in [0, 0.1) is 18.8 Å². The lowest BCUT2D eigenvalue weighted by atomic mass is 9.89. The molecule has 3 atom stereocenters. The topological polar surface area (TPSA) is 64.9 Å². The molecule has 0 aliphatic heterocycles. The smallest absolute Gasteiger partial charge is 0.128 e. The number of hydrogen-bond acceptors (Lipinski definition) is 3. The number of nitrogen functional groups attached to an aromatic ring is 1. The molecule has 1 saturated carbocycles. The fourth-order valence-corrected chi connectivity index (χ4v) is 3.07. The van der Waals surface area contributed by atoms with E-state index in [1.165, 1.54) is 31.2 Å². The Hall–Kier alpha value is -1.09. The Morgan fingerprint density at radius 3 is 2.82 bits per heavy atom. The number of nitrogens with two attached hydrogens (primary N) is 2. The molecule has 0 spiro atoms. The Morgan fingerprint density at radius 2 is 2.24 bits per heavy atom. The normalized spacial score (nSPS) is 26.1. The quantitative estimate of drug-likeness (QED) is 0.843. The number of pyridine rings is 1. The van der Waals surface area contributed by atoms with Crippen molar-refractivity contribution in [2.24, 2.45) is 17.6 Å². The van der Waals surface area contributed by atoms with Crippen molar-refractivity contribution in [1.29, 1.82) is 0 Å². The minimum Gasteiger partial charge on any atom is -0.383 e. The second kappa shape index (κ2) is 5.05. The van der Waals surface area contributed by atoms with Crippen LogP contribution in [0.2, 0.25) is 0 Å². The number of anilines is 1. The Bertz CT molecular complexity index is 369. The molecule has 0 saturated heterocycles. The minimum atomic E-state index is 0.0558. The number of aromatic nitrogens is 1. The molecule has 4 N–H and O–H groups in total. The van der Waals surface area contributed by atoms with Gasteiger partial charge in [-0.1, -0.05) is 19.8 Å². The van der Waals surface area contributed by atoms with Crippen molar-refractivity contribution < 1.29 is 0 Å². The SMILES string of the molecule is CCC1CCC(C(N)c2c(C)ccnc2N)C1. The van der Waals surface area contributed by atoms with Gasteiger partial charge in [-0.3, -0.25) is 0 Å². The first-order chi connectivity index (χ1) is 8.13. The van der Waals surface area contributed by atoms with Crippen molar-refractivity contribution >= 4 is 5.82 Å². The zero-order valence-corrected chi connectivity index (χ0v) is 10.8. The van der Waals surface area contributed by atoms with Crippen molar-refractivity contribution in [1.82, 2.24) is 4.98 Å². The fourth-order valence-electron chi connectivity index (χ4n) is 3.07. The maximum absolute atomic E-state index is 6.40. The monoisotopic (exact) mass is 233 g/mol. The predicted molar refractivity (Wildman–Crippen MR) is 71.4 cm³/mol. The van der Waals surface area contributed by atoms with Crippen LogP contribution in [0.25, 0.3) is 0 Å². The van der Waals surface area contributed by atoms with Gasteiger partial charge in [-0.05, 0) is 43.2 Å². The van der Waals surface area contributed by atoms with Crippen LogP contribution < -0.4 is 11.5 Å². The van der Waals surface area contributed by atoms with Gasteiger partial charge in [0.2, 0.25) is 0 Å². The molecule has 1 aromatic heterocycles. The van der Waals surface area contributed by atoms with Gasteiger partial charge >= 0.3 is 0 Å². The molecule has 3 nitrogen and oxygen atoms in total. The lowest BCUT2D eigenvalue weighted by Gasteiger charge is -2.22. The standard InChI is InChI=1S/C14H23N3/c1-3-10-4-5-11(8-10)13(15)12-9(2)6-7-17-14(12)16/h6-7,10-11,13H,3-5,8,15H2,1-2H3,(H2,16,17). The van der Waals surface area contributed by atoms with Gasteiger partial charge in [0.25, 0.3) is 0 Å². The summed E-state index contributed by atoms with van der Waals surface area (Å²) in [5, 5.41) is 0. The summed E-state index contributed by atoms with van der Waals surface area (Å²) in [6, 6.07) is 2.05. The van der Waals surface area contributed by atoms with Crippen molar-refractivity contribution in [3.8, 4) is 0 Å². The van der Waals surface area contributed by atoms with E-state index in [9.17, 15) is 0 Å². The molecule has 2 rings (SSSR count). The molecule has 1 aliphatic carbocycles. The zero-order valence-electron chi connectivity index (χ0n) is 10.8. The van der Waals surface area contributed by atoms with Crippen LogP contribution in [-0.4, -0.2) is 4.98 Å². The highest BCUT2D eigenvalue weighted by atomic mass is 14.8. The lowest BCUT2D eigenvalue weighted by molar-refractivity contribution is 0.415. The first kappa shape index (κ1) is 12.4. The van der Waals surface area contributed by atoms with Gasteiger partial charge in [0.05, 0.1) is 0 Å². The molecule has 1 fully saturated rings. The average Bonchev–Trinajstić information content (AvgIpc) is 2.77. The van der Waals surface area contributed by atoms with E-state index in [-0.39, 0.29) is 6.04 Å². The van der Waals surface area contributed by atoms with Crippen molar-refractivity contribution in [3.63, 3.8) is 0 Å². The third kappa shape index (κ3) is 2.44. The molecule has 1 heterocycles. The minimum absolute atomic E-state index is 0.0558. The summed E-state index contributed by atoms with van der Waals surface area (Å²) in [4.78, 5) is 4.17. The molecule has 17 heavy (non-hydrogen) atoms. The van der Waals surface area contributed by atoms with E-state index in [4.69, 9.17) is 11.5 Å². The van der Waals surface area contributed by atoms with Crippen LogP contribution in [-0.2, 0) is 0 Å². The Morgan fingerprint density at radius 1 is 1.47 bits per heavy atom. The second-order valence-electron chi connectivity index (χ2n) is 5.30. The van der Waals surface area contributed by atoms with Gasteiger partial charge in [-0.2, -0.15) is 0 Å². The largest absolute Gasteiger partial charge is 0.383 e. The second-order valence-corrected chi connectivity index (χ2v) is 5.30. The van der Waals surface area contributed by atoms with Gasteiger partial charge in [0, 0.05) is 17.8 Å². The number of hydrogen-bond donors (Lipinski definition) is 2. The summed E-state index contributed by atoms with van der Waals surface area (Å²) in [5.41, 5.74) is 14.6. The first-order valence-electron chi connectivity index (χ1n) is 6.60. The Kier molecular flexibility index (Phi) is 3.67. The molecular weight excluding hydrogens is 210 g/mol. The Balaban J connectivity index is 2.17. The highest BCUT2D eigenvalue weighted by molar-refractivity contribution is 5.46. The van der Waals surface area contributed by atoms with E-state index >= 15 is 0 Å². The molecule has 1 aliphatic rings. The van der Waals surface area contributed by atoms with Crippen LogP contribution in [0.1, 0.15) is 49.8 Å². The van der Waals surface area contributed by atoms with Crippen molar-refractivity contribution in [2.45, 2.75) is 45.6 Å². The number of aryl methyl sites for hydroxylation is 1. The van der Waals surface area contributed by atoms with E-state index in [2.05, 4.69) is 18.8 Å². The highest BCUT2D eigenvalue weighted by Gasteiger charge is 2.30. The summed E-state index contributed by atoms with van der Waals surface area (Å²) >= 11 is 0. The van der Waals surface area contributed by atoms with Gasteiger partial charge in [-0.15, -0.1) is 0 Å². The number of nitrogens with zero attached hydrogens (tertiary/aromatic N) is 1. The molecule has 0 amide bonds. The van der Waals surface area contributed by atoms with Gasteiger partial charge < -0.3 is 11.5 Å². The van der Waals surface area contributed by atoms with Gasteiger partial charge in [0.15, 0.2) is 0 Å². The van der Waals surface area contributed by atoms with E-state index < -0.39 is 0 Å². The summed E-state index contributed by atoms with van der Waals surface area (Å²) in [6.07, 6.45) is 6.81. The zero-order chi connectivity index (χ0) is 12.4.